The van der Waals surface area contributed by atoms with Gasteiger partial charge < -0.3 is 10.1 Å². The molecule has 1 aromatic rings. The summed E-state index contributed by atoms with van der Waals surface area (Å²) in [6.45, 7) is 0. The molecule has 2 saturated carbocycles. The maximum Gasteiger partial charge on any atom is 0.251 e. The molecule has 0 bridgehead atoms. The molecule has 1 N–H and O–H groups in total. The molecule has 3 nitrogen and oxygen atoms in total. The summed E-state index contributed by atoms with van der Waals surface area (Å²) < 4.78 is 5.14. The second-order valence-electron chi connectivity index (χ2n) is 5.40. The normalized spacial score (nSPS) is 29.3. The molecular weight excluding hydrogens is 226 g/mol. The van der Waals surface area contributed by atoms with Gasteiger partial charge in [-0.3, -0.25) is 4.79 Å². The van der Waals surface area contributed by atoms with E-state index in [2.05, 4.69) is 5.32 Å². The Kier molecular flexibility index (Phi) is 2.98. The Hall–Kier alpha value is -1.51. The van der Waals surface area contributed by atoms with E-state index < -0.39 is 0 Å². The van der Waals surface area contributed by atoms with Gasteiger partial charge in [-0.25, -0.2) is 0 Å². The molecule has 18 heavy (non-hydrogen) atoms. The van der Waals surface area contributed by atoms with E-state index in [1.165, 1.54) is 19.3 Å². The number of benzene rings is 1. The van der Waals surface area contributed by atoms with E-state index in [1.54, 1.807) is 13.2 Å². The molecule has 0 radical (unpaired) electrons. The molecule has 2 fully saturated rings. The van der Waals surface area contributed by atoms with Crippen molar-refractivity contribution in [2.75, 3.05) is 7.11 Å². The van der Waals surface area contributed by atoms with Gasteiger partial charge in [0.25, 0.3) is 5.91 Å². The van der Waals surface area contributed by atoms with Crippen LogP contribution in [0.25, 0.3) is 0 Å². The summed E-state index contributed by atoms with van der Waals surface area (Å²) in [6.07, 6.45) is 5.06. The Bertz CT molecular complexity index is 458. The number of carbonyl (C=O) groups is 1. The van der Waals surface area contributed by atoms with E-state index in [0.717, 1.165) is 24.0 Å². The minimum Gasteiger partial charge on any atom is -0.497 e. The van der Waals surface area contributed by atoms with Crippen LogP contribution in [0.3, 0.4) is 0 Å². The number of rotatable bonds is 3. The summed E-state index contributed by atoms with van der Waals surface area (Å²) in [5, 5.41) is 3.18. The van der Waals surface area contributed by atoms with Crippen molar-refractivity contribution in [2.45, 2.75) is 31.7 Å². The largest absolute Gasteiger partial charge is 0.497 e. The van der Waals surface area contributed by atoms with Crippen molar-refractivity contribution in [3.05, 3.63) is 29.8 Å². The van der Waals surface area contributed by atoms with Crippen LogP contribution in [0.1, 0.15) is 36.0 Å². The molecule has 0 aliphatic heterocycles. The zero-order valence-electron chi connectivity index (χ0n) is 10.7. The number of ether oxygens (including phenoxy) is 1. The van der Waals surface area contributed by atoms with Crippen LogP contribution in [0.2, 0.25) is 0 Å². The zero-order chi connectivity index (χ0) is 12.5. The lowest BCUT2D eigenvalue weighted by Gasteiger charge is -2.22. The molecule has 0 aromatic heterocycles. The predicted molar refractivity (Wildman–Crippen MR) is 69.7 cm³/mol. The van der Waals surface area contributed by atoms with Crippen molar-refractivity contribution >= 4 is 5.91 Å². The topological polar surface area (TPSA) is 38.3 Å². The molecular formula is C15H19NO2. The van der Waals surface area contributed by atoms with Crippen molar-refractivity contribution in [3.8, 4) is 5.75 Å². The van der Waals surface area contributed by atoms with Crippen LogP contribution >= 0.6 is 0 Å². The van der Waals surface area contributed by atoms with Crippen molar-refractivity contribution < 1.29 is 9.53 Å². The molecule has 0 saturated heterocycles. The van der Waals surface area contributed by atoms with E-state index in [1.807, 2.05) is 18.2 Å². The molecule has 3 heteroatoms. The van der Waals surface area contributed by atoms with Gasteiger partial charge in [0, 0.05) is 11.6 Å². The van der Waals surface area contributed by atoms with E-state index in [9.17, 15) is 4.79 Å². The Labute approximate surface area is 108 Å². The first kappa shape index (κ1) is 11.6. The number of hydrogen-bond donors (Lipinski definition) is 1. The molecule has 2 aliphatic rings. The van der Waals surface area contributed by atoms with Crippen molar-refractivity contribution in [2.24, 2.45) is 11.8 Å². The Morgan fingerprint density at radius 3 is 3.11 bits per heavy atom. The third-order valence-corrected chi connectivity index (χ3v) is 4.23. The Balaban J connectivity index is 1.66. The van der Waals surface area contributed by atoms with Gasteiger partial charge in [-0.2, -0.15) is 0 Å². The third-order valence-electron chi connectivity index (χ3n) is 4.23. The lowest BCUT2D eigenvalue weighted by Crippen LogP contribution is -2.38. The summed E-state index contributed by atoms with van der Waals surface area (Å²) in [4.78, 5) is 12.2. The highest BCUT2D eigenvalue weighted by Crippen LogP contribution is 2.49. The fraction of sp³-hybridized carbons (Fsp3) is 0.533. The third kappa shape index (κ3) is 2.22. The van der Waals surface area contributed by atoms with Crippen LogP contribution < -0.4 is 10.1 Å². The summed E-state index contributed by atoms with van der Waals surface area (Å²) in [5.41, 5.74) is 0.692. The standard InChI is InChI=1S/C15H19NO2/c1-18-12-6-2-5-11(8-12)15(17)16-14-7-3-4-10-9-13(10)14/h2,5-6,8,10,13-14H,3-4,7,9H2,1H3,(H,16,17)/t10-,13+,14?/m1/s1. The monoisotopic (exact) mass is 245 g/mol. The molecule has 1 unspecified atom stereocenters. The predicted octanol–water partition coefficient (Wildman–Crippen LogP) is 2.61. The van der Waals surface area contributed by atoms with Crippen molar-refractivity contribution in [3.63, 3.8) is 0 Å². The first-order valence-electron chi connectivity index (χ1n) is 6.73. The summed E-state index contributed by atoms with van der Waals surface area (Å²) in [6, 6.07) is 7.73. The highest BCUT2D eigenvalue weighted by atomic mass is 16.5. The van der Waals surface area contributed by atoms with Gasteiger partial charge in [-0.1, -0.05) is 18.9 Å². The number of nitrogens with one attached hydrogen (secondary N) is 1. The molecule has 2 aliphatic carbocycles. The summed E-state index contributed by atoms with van der Waals surface area (Å²) in [5.74, 6) is 2.39. The SMILES string of the molecule is COc1cccc(C(=O)NC2CCC[C@@H]3C[C@H]23)c1. The van der Waals surface area contributed by atoms with Crippen LogP contribution in [-0.2, 0) is 0 Å². The van der Waals surface area contributed by atoms with Gasteiger partial charge in [0.1, 0.15) is 5.75 Å². The van der Waals surface area contributed by atoms with Crippen molar-refractivity contribution in [1.82, 2.24) is 5.32 Å². The highest BCUT2D eigenvalue weighted by Gasteiger charge is 2.45. The maximum absolute atomic E-state index is 12.2. The smallest absolute Gasteiger partial charge is 0.251 e. The zero-order valence-corrected chi connectivity index (χ0v) is 10.7. The van der Waals surface area contributed by atoms with E-state index in [-0.39, 0.29) is 5.91 Å². The molecule has 0 heterocycles. The maximum atomic E-state index is 12.2. The summed E-state index contributed by atoms with van der Waals surface area (Å²) >= 11 is 0. The fourth-order valence-electron chi connectivity index (χ4n) is 3.11. The minimum atomic E-state index is 0.0338. The van der Waals surface area contributed by atoms with Crippen LogP contribution in [0.5, 0.6) is 5.75 Å². The van der Waals surface area contributed by atoms with Gasteiger partial charge in [-0.15, -0.1) is 0 Å². The van der Waals surface area contributed by atoms with Gasteiger partial charge in [0.2, 0.25) is 0 Å². The number of hydrogen-bond acceptors (Lipinski definition) is 2. The average molecular weight is 245 g/mol. The van der Waals surface area contributed by atoms with Crippen molar-refractivity contribution in [1.29, 1.82) is 0 Å². The Morgan fingerprint density at radius 1 is 1.39 bits per heavy atom. The second-order valence-corrected chi connectivity index (χ2v) is 5.40. The van der Waals surface area contributed by atoms with Crippen LogP contribution in [0.15, 0.2) is 24.3 Å². The van der Waals surface area contributed by atoms with E-state index in [0.29, 0.717) is 11.6 Å². The van der Waals surface area contributed by atoms with E-state index in [4.69, 9.17) is 4.74 Å². The number of fused-ring (bicyclic) bond motifs is 1. The van der Waals surface area contributed by atoms with Crippen LogP contribution in [0.4, 0.5) is 0 Å². The molecule has 1 aromatic carbocycles. The fourth-order valence-corrected chi connectivity index (χ4v) is 3.11. The molecule has 1 amide bonds. The van der Waals surface area contributed by atoms with E-state index >= 15 is 0 Å². The quantitative estimate of drug-likeness (QED) is 0.889. The molecule has 0 spiro atoms. The number of amides is 1. The second kappa shape index (κ2) is 4.63. The number of carbonyl (C=O) groups excluding carboxylic acids is 1. The average Bonchev–Trinajstić information content (AvgIpc) is 3.19. The molecule has 96 valence electrons. The van der Waals surface area contributed by atoms with Gasteiger partial charge in [0.15, 0.2) is 0 Å². The van der Waals surface area contributed by atoms with Crippen LogP contribution in [0, 0.1) is 11.8 Å². The lowest BCUT2D eigenvalue weighted by molar-refractivity contribution is 0.0923. The molecule has 3 rings (SSSR count). The first-order chi connectivity index (χ1) is 8.78. The van der Waals surface area contributed by atoms with Gasteiger partial charge in [-0.05, 0) is 42.9 Å². The van der Waals surface area contributed by atoms with Gasteiger partial charge in [0.05, 0.1) is 7.11 Å². The number of methoxy groups -OCH3 is 1. The summed E-state index contributed by atoms with van der Waals surface area (Å²) in [7, 11) is 1.62. The van der Waals surface area contributed by atoms with Crippen LogP contribution in [-0.4, -0.2) is 19.1 Å². The Morgan fingerprint density at radius 2 is 2.28 bits per heavy atom. The van der Waals surface area contributed by atoms with Gasteiger partial charge >= 0.3 is 0 Å². The lowest BCUT2D eigenvalue weighted by atomic mass is 9.95. The minimum absolute atomic E-state index is 0.0338. The first-order valence-corrected chi connectivity index (χ1v) is 6.73. The molecule has 3 atom stereocenters. The highest BCUT2D eigenvalue weighted by molar-refractivity contribution is 5.94.